The SMILES string of the molecule is COC(=O)N[C@H]1CCC[C@@H]1[C@](CN1CCC1)(c1cccc(F)c1)C1CCN(CC2CN(c3ccc(S(=O)(=O)C4CN(C(=O)/C=C/CN5CC(F)C5)C4)cc3)C2)CC1. The second-order valence-electron chi connectivity index (χ2n) is 17.4. The van der Waals surface area contributed by atoms with Crippen LogP contribution in [0.1, 0.15) is 44.1 Å². The normalized spacial score (nSPS) is 25.7. The van der Waals surface area contributed by atoms with Crippen molar-refractivity contribution >= 4 is 27.5 Å². The number of hydrogen-bond acceptors (Lipinski definition) is 9. The van der Waals surface area contributed by atoms with Crippen molar-refractivity contribution < 1.29 is 31.5 Å². The fourth-order valence-electron chi connectivity index (χ4n) is 10.5. The zero-order valence-electron chi connectivity index (χ0n) is 33.1. The summed E-state index contributed by atoms with van der Waals surface area (Å²) in [4.78, 5) is 36.1. The highest BCUT2D eigenvalue weighted by Crippen LogP contribution is 2.51. The molecule has 11 nitrogen and oxygen atoms in total. The maximum Gasteiger partial charge on any atom is 0.407 e. The van der Waals surface area contributed by atoms with Crippen molar-refractivity contribution in [2.24, 2.45) is 17.8 Å². The van der Waals surface area contributed by atoms with Gasteiger partial charge in [-0.2, -0.15) is 0 Å². The van der Waals surface area contributed by atoms with Gasteiger partial charge in [0, 0.05) is 88.0 Å². The third-order valence-corrected chi connectivity index (χ3v) is 16.0. The number of benzene rings is 2. The second-order valence-corrected chi connectivity index (χ2v) is 19.7. The number of carbonyl (C=O) groups is 2. The van der Waals surface area contributed by atoms with Gasteiger partial charge in [0.25, 0.3) is 0 Å². The number of rotatable bonds is 14. The molecule has 2 amide bonds. The highest BCUT2D eigenvalue weighted by molar-refractivity contribution is 7.92. The van der Waals surface area contributed by atoms with Crippen LogP contribution in [0.2, 0.25) is 0 Å². The van der Waals surface area contributed by atoms with E-state index in [1.807, 2.05) is 23.1 Å². The van der Waals surface area contributed by atoms with Gasteiger partial charge in [-0.05, 0) is 112 Å². The molecule has 6 fully saturated rings. The van der Waals surface area contributed by atoms with Gasteiger partial charge in [-0.15, -0.1) is 0 Å². The summed E-state index contributed by atoms with van der Waals surface area (Å²) >= 11 is 0. The minimum absolute atomic E-state index is 0.0167. The first-order valence-electron chi connectivity index (χ1n) is 21.0. The van der Waals surface area contributed by atoms with E-state index in [0.29, 0.717) is 31.5 Å². The summed E-state index contributed by atoms with van der Waals surface area (Å²) in [5, 5.41) is 2.56. The van der Waals surface area contributed by atoms with Gasteiger partial charge in [0.1, 0.15) is 17.2 Å². The summed E-state index contributed by atoms with van der Waals surface area (Å²) in [5.74, 6) is 0.632. The third-order valence-electron chi connectivity index (χ3n) is 13.9. The van der Waals surface area contributed by atoms with E-state index in [0.717, 1.165) is 95.7 Å². The molecule has 57 heavy (non-hydrogen) atoms. The molecule has 2 aromatic rings. The molecule has 310 valence electrons. The molecule has 1 saturated carbocycles. The molecule has 1 aliphatic carbocycles. The summed E-state index contributed by atoms with van der Waals surface area (Å²) in [6.07, 6.45) is 8.12. The number of halogens is 2. The first kappa shape index (κ1) is 40.2. The number of amides is 2. The number of likely N-dealkylation sites (tertiary alicyclic amines) is 4. The Bertz CT molecular complexity index is 1870. The van der Waals surface area contributed by atoms with Crippen LogP contribution in [0.5, 0.6) is 0 Å². The lowest BCUT2D eigenvalue weighted by Gasteiger charge is -2.54. The number of nitrogens with zero attached hydrogens (tertiary/aromatic N) is 5. The molecular formula is C43H58F2N6O5S. The Morgan fingerprint density at radius 2 is 1.63 bits per heavy atom. The topological polar surface area (TPSA) is 106 Å². The van der Waals surface area contributed by atoms with E-state index in [9.17, 15) is 22.4 Å². The average Bonchev–Trinajstić information content (AvgIpc) is 3.60. The van der Waals surface area contributed by atoms with Gasteiger partial charge < -0.3 is 29.7 Å². The maximum absolute atomic E-state index is 15.0. The predicted molar refractivity (Wildman–Crippen MR) is 215 cm³/mol. The van der Waals surface area contributed by atoms with E-state index in [1.54, 1.807) is 24.3 Å². The molecule has 5 saturated heterocycles. The van der Waals surface area contributed by atoms with Gasteiger partial charge in [0.15, 0.2) is 9.84 Å². The fraction of sp³-hybridized carbons (Fsp3) is 0.628. The Balaban J connectivity index is 0.844. The molecular weight excluding hydrogens is 751 g/mol. The number of carbonyl (C=O) groups excluding carboxylic acids is 2. The maximum atomic E-state index is 15.0. The third kappa shape index (κ3) is 8.47. The van der Waals surface area contributed by atoms with Crippen molar-refractivity contribution in [3.05, 3.63) is 72.1 Å². The van der Waals surface area contributed by atoms with Crippen LogP contribution in [0.3, 0.4) is 0 Å². The number of sulfone groups is 1. The van der Waals surface area contributed by atoms with Crippen LogP contribution in [0.25, 0.3) is 0 Å². The number of ether oxygens (including phenoxy) is 1. The number of alkyl halides is 1. The zero-order chi connectivity index (χ0) is 39.7. The lowest BCUT2D eigenvalue weighted by molar-refractivity contribution is -0.129. The second kappa shape index (κ2) is 16.9. The van der Waals surface area contributed by atoms with E-state index in [-0.39, 0.29) is 47.1 Å². The highest BCUT2D eigenvalue weighted by Gasteiger charge is 2.53. The summed E-state index contributed by atoms with van der Waals surface area (Å²) in [5.41, 5.74) is 1.79. The van der Waals surface area contributed by atoms with Crippen molar-refractivity contribution in [3.63, 3.8) is 0 Å². The van der Waals surface area contributed by atoms with Crippen molar-refractivity contribution in [3.8, 4) is 0 Å². The number of alkyl carbamates (subject to hydrolysis) is 1. The van der Waals surface area contributed by atoms with Crippen LogP contribution in [0.4, 0.5) is 19.3 Å². The van der Waals surface area contributed by atoms with Crippen molar-refractivity contribution in [2.45, 2.75) is 66.3 Å². The van der Waals surface area contributed by atoms with Crippen LogP contribution in [0.15, 0.2) is 65.6 Å². The van der Waals surface area contributed by atoms with E-state index in [1.165, 1.54) is 30.6 Å². The molecule has 0 unspecified atom stereocenters. The van der Waals surface area contributed by atoms with Gasteiger partial charge in [-0.3, -0.25) is 9.69 Å². The minimum atomic E-state index is -3.56. The highest BCUT2D eigenvalue weighted by atomic mass is 32.2. The Morgan fingerprint density at radius 3 is 2.28 bits per heavy atom. The standard InChI is InChI=1S/C43H58F2N6O5S/c1-56-42(53)46-40-9-3-8-39(40)43(30-48-18-5-19-48,33-6-2-7-34(44)22-33)32-15-20-47(21-16-32)23-31-24-50(25-31)36-11-13-37(14-12-36)57(54,55)38-28-51(29-38)41(52)10-4-17-49-26-35(45)27-49/h2,4,6-7,10-14,22,31-32,35,38-40H,3,5,8-9,15-21,23-30H2,1H3,(H,46,53)/b10-4+/t39-,40-,43-/m0/s1. The molecule has 6 aliphatic rings. The summed E-state index contributed by atoms with van der Waals surface area (Å²) < 4.78 is 59.7. The number of hydrogen-bond donors (Lipinski definition) is 1. The largest absolute Gasteiger partial charge is 0.453 e. The minimum Gasteiger partial charge on any atom is -0.453 e. The van der Waals surface area contributed by atoms with Crippen molar-refractivity contribution in [1.29, 1.82) is 0 Å². The Morgan fingerprint density at radius 1 is 0.895 bits per heavy atom. The Labute approximate surface area is 336 Å². The number of methoxy groups -OCH3 is 1. The molecule has 14 heteroatoms. The molecule has 8 rings (SSSR count). The van der Waals surface area contributed by atoms with Gasteiger partial charge in [-0.25, -0.2) is 22.0 Å². The monoisotopic (exact) mass is 808 g/mol. The molecule has 5 aliphatic heterocycles. The van der Waals surface area contributed by atoms with Crippen LogP contribution < -0.4 is 10.2 Å². The van der Waals surface area contributed by atoms with E-state index in [4.69, 9.17) is 4.74 Å². The van der Waals surface area contributed by atoms with Gasteiger partial charge >= 0.3 is 6.09 Å². The van der Waals surface area contributed by atoms with E-state index >= 15 is 4.39 Å². The van der Waals surface area contributed by atoms with Gasteiger partial charge in [-0.1, -0.05) is 24.6 Å². The molecule has 1 N–H and O–H groups in total. The molecule has 0 spiro atoms. The molecule has 0 aromatic heterocycles. The molecule has 3 atom stereocenters. The lowest BCUT2D eigenvalue weighted by Crippen LogP contribution is -2.60. The fourth-order valence-corrected chi connectivity index (χ4v) is 12.2. The predicted octanol–water partition coefficient (Wildman–Crippen LogP) is 4.34. The van der Waals surface area contributed by atoms with Crippen LogP contribution in [-0.2, 0) is 24.8 Å². The van der Waals surface area contributed by atoms with Crippen LogP contribution >= 0.6 is 0 Å². The van der Waals surface area contributed by atoms with E-state index in [2.05, 4.69) is 26.1 Å². The first-order chi connectivity index (χ1) is 27.5. The smallest absolute Gasteiger partial charge is 0.407 e. The average molecular weight is 809 g/mol. The number of piperidine rings is 1. The first-order valence-corrected chi connectivity index (χ1v) is 22.5. The van der Waals surface area contributed by atoms with Crippen LogP contribution in [-0.4, -0.2) is 150 Å². The van der Waals surface area contributed by atoms with Crippen molar-refractivity contribution in [2.75, 3.05) is 97.1 Å². The zero-order valence-corrected chi connectivity index (χ0v) is 33.9. The molecule has 5 heterocycles. The number of nitrogens with one attached hydrogen (secondary N) is 1. The van der Waals surface area contributed by atoms with Gasteiger partial charge in [0.2, 0.25) is 5.91 Å². The molecule has 2 aromatic carbocycles. The van der Waals surface area contributed by atoms with Crippen LogP contribution in [0, 0.1) is 23.6 Å². The Hall–Kier alpha value is -3.59. The lowest BCUT2D eigenvalue weighted by atomic mass is 9.57. The molecule has 0 radical (unpaired) electrons. The number of anilines is 1. The summed E-state index contributed by atoms with van der Waals surface area (Å²) in [6.45, 7) is 9.42. The molecule has 0 bridgehead atoms. The summed E-state index contributed by atoms with van der Waals surface area (Å²) in [7, 11) is -2.14. The quantitative estimate of drug-likeness (QED) is 0.280. The van der Waals surface area contributed by atoms with E-state index < -0.39 is 27.4 Å². The Kier molecular flexibility index (Phi) is 12.0. The van der Waals surface area contributed by atoms with Crippen molar-refractivity contribution in [1.82, 2.24) is 24.9 Å². The summed E-state index contributed by atoms with van der Waals surface area (Å²) in [6, 6.07) is 14.4. The van der Waals surface area contributed by atoms with Gasteiger partial charge in [0.05, 0.1) is 12.0 Å².